The molecule has 1 N–H and O–H groups in total. The van der Waals surface area contributed by atoms with E-state index in [1.807, 2.05) is 18.2 Å². The molecule has 1 saturated heterocycles. The molecule has 6 nitrogen and oxygen atoms in total. The van der Waals surface area contributed by atoms with Crippen molar-refractivity contribution in [3.63, 3.8) is 0 Å². The molecule has 1 atom stereocenters. The van der Waals surface area contributed by atoms with Crippen LogP contribution in [0.1, 0.15) is 21.3 Å². The molecule has 1 aliphatic rings. The van der Waals surface area contributed by atoms with Gasteiger partial charge >= 0.3 is 0 Å². The van der Waals surface area contributed by atoms with Crippen molar-refractivity contribution in [1.29, 1.82) is 0 Å². The van der Waals surface area contributed by atoms with E-state index in [1.165, 1.54) is 17.8 Å². The van der Waals surface area contributed by atoms with E-state index in [0.29, 0.717) is 33.5 Å². The van der Waals surface area contributed by atoms with Crippen LogP contribution in [0.5, 0.6) is 11.5 Å². The third-order valence-corrected chi connectivity index (χ3v) is 6.91. The van der Waals surface area contributed by atoms with Gasteiger partial charge in [0.1, 0.15) is 16.9 Å². The van der Waals surface area contributed by atoms with E-state index in [1.54, 1.807) is 55.5 Å². The molecule has 0 aromatic heterocycles. The Morgan fingerprint density at radius 3 is 2.58 bits per heavy atom. The first-order chi connectivity index (χ1) is 15.9. The molecule has 1 unspecified atom stereocenters. The Kier molecular flexibility index (Phi) is 7.02. The number of carbonyl (C=O) groups is 2. The van der Waals surface area contributed by atoms with Crippen LogP contribution in [0.4, 0.5) is 11.4 Å². The number of thioether (sulfide) groups is 1. The molecular weight excluding hydrogens is 483 g/mol. The van der Waals surface area contributed by atoms with Gasteiger partial charge in [0, 0.05) is 22.3 Å². The van der Waals surface area contributed by atoms with Crippen molar-refractivity contribution < 1.29 is 19.1 Å². The van der Waals surface area contributed by atoms with Gasteiger partial charge in [-0.25, -0.2) is 0 Å². The molecule has 3 aromatic carbocycles. The van der Waals surface area contributed by atoms with E-state index < -0.39 is 0 Å². The zero-order valence-corrected chi connectivity index (χ0v) is 20.1. The lowest BCUT2D eigenvalue weighted by Gasteiger charge is -2.27. The van der Waals surface area contributed by atoms with Crippen molar-refractivity contribution in [3.8, 4) is 11.5 Å². The van der Waals surface area contributed by atoms with E-state index in [9.17, 15) is 9.59 Å². The zero-order valence-electron chi connectivity index (χ0n) is 17.8. The monoisotopic (exact) mass is 502 g/mol. The van der Waals surface area contributed by atoms with Crippen LogP contribution in [-0.4, -0.2) is 31.8 Å². The molecule has 2 amide bonds. The third-order valence-electron chi connectivity index (χ3n) is 5.16. The predicted octanol–water partition coefficient (Wildman–Crippen LogP) is 6.04. The number of nitrogens with zero attached hydrogens (tertiary/aromatic N) is 1. The van der Waals surface area contributed by atoms with Gasteiger partial charge in [0.15, 0.2) is 0 Å². The Balaban J connectivity index is 1.71. The predicted molar refractivity (Wildman–Crippen MR) is 133 cm³/mol. The molecular formula is C24H20Cl2N2O4S. The fraction of sp³-hybridized carbons (Fsp3) is 0.167. The van der Waals surface area contributed by atoms with Gasteiger partial charge in [-0.1, -0.05) is 41.4 Å². The molecule has 0 spiro atoms. The van der Waals surface area contributed by atoms with Crippen LogP contribution in [-0.2, 0) is 4.79 Å². The van der Waals surface area contributed by atoms with E-state index in [4.69, 9.17) is 32.7 Å². The summed E-state index contributed by atoms with van der Waals surface area (Å²) in [6.45, 7) is 0. The van der Waals surface area contributed by atoms with Gasteiger partial charge in [-0.3, -0.25) is 14.5 Å². The largest absolute Gasteiger partial charge is 0.497 e. The first-order valence-electron chi connectivity index (χ1n) is 9.94. The molecule has 0 radical (unpaired) electrons. The number of rotatable bonds is 6. The molecule has 1 fully saturated rings. The Hall–Kier alpha value is -2.87. The molecule has 4 rings (SSSR count). The number of para-hydroxylation sites is 1. The minimum absolute atomic E-state index is 0.0709. The molecule has 0 aliphatic carbocycles. The lowest BCUT2D eigenvalue weighted by atomic mass is 10.1. The second-order valence-electron chi connectivity index (χ2n) is 7.13. The smallest absolute Gasteiger partial charge is 0.257 e. The van der Waals surface area contributed by atoms with Crippen molar-refractivity contribution in [1.82, 2.24) is 0 Å². The maximum atomic E-state index is 13.0. The zero-order chi connectivity index (χ0) is 23.5. The lowest BCUT2D eigenvalue weighted by Crippen LogP contribution is -2.29. The lowest BCUT2D eigenvalue weighted by molar-refractivity contribution is -0.115. The third kappa shape index (κ3) is 4.76. The van der Waals surface area contributed by atoms with E-state index in [-0.39, 0.29) is 28.0 Å². The molecule has 33 heavy (non-hydrogen) atoms. The second-order valence-corrected chi connectivity index (χ2v) is 9.04. The van der Waals surface area contributed by atoms with Gasteiger partial charge in [-0.15, -0.1) is 11.8 Å². The molecule has 0 saturated carbocycles. The number of anilines is 2. The molecule has 1 heterocycles. The Labute approximate surface area is 205 Å². The molecule has 3 aromatic rings. The fourth-order valence-electron chi connectivity index (χ4n) is 3.59. The average Bonchev–Trinajstić information content (AvgIpc) is 3.19. The van der Waals surface area contributed by atoms with Crippen LogP contribution >= 0.6 is 35.0 Å². The number of methoxy groups -OCH3 is 2. The summed E-state index contributed by atoms with van der Waals surface area (Å²) in [7, 11) is 3.12. The van der Waals surface area contributed by atoms with Crippen molar-refractivity contribution >= 4 is 58.2 Å². The minimum atomic E-state index is -0.379. The minimum Gasteiger partial charge on any atom is -0.497 e. The quantitative estimate of drug-likeness (QED) is 0.444. The summed E-state index contributed by atoms with van der Waals surface area (Å²) >= 11 is 13.6. The van der Waals surface area contributed by atoms with Crippen LogP contribution in [0.3, 0.4) is 0 Å². The van der Waals surface area contributed by atoms with Crippen molar-refractivity contribution in [2.24, 2.45) is 0 Å². The van der Waals surface area contributed by atoms with Crippen LogP contribution in [0.15, 0.2) is 60.7 Å². The highest BCUT2D eigenvalue weighted by molar-refractivity contribution is 8.00. The van der Waals surface area contributed by atoms with Crippen LogP contribution in [0, 0.1) is 0 Å². The van der Waals surface area contributed by atoms with Crippen molar-refractivity contribution in [3.05, 3.63) is 81.8 Å². The highest BCUT2D eigenvalue weighted by Crippen LogP contribution is 2.47. The highest BCUT2D eigenvalue weighted by atomic mass is 35.5. The number of nitrogens with one attached hydrogen (secondary N) is 1. The number of halogens is 2. The molecule has 1 aliphatic heterocycles. The van der Waals surface area contributed by atoms with Crippen LogP contribution < -0.4 is 19.7 Å². The van der Waals surface area contributed by atoms with Crippen LogP contribution in [0.25, 0.3) is 0 Å². The van der Waals surface area contributed by atoms with Gasteiger partial charge < -0.3 is 14.8 Å². The average molecular weight is 503 g/mol. The number of hydrogen-bond acceptors (Lipinski definition) is 5. The SMILES string of the molecule is COc1ccc(OC)c(N2C(=O)CSC2c2ccccc2NC(=O)c2ccc(Cl)cc2Cl)c1. The summed E-state index contributed by atoms with van der Waals surface area (Å²) in [5.74, 6) is 0.998. The standard InChI is InChI=1S/C24H20Cl2N2O4S/c1-31-15-8-10-21(32-2)20(12-15)28-22(29)13-33-24(28)17-5-3-4-6-19(17)27-23(30)16-9-7-14(25)11-18(16)26/h3-12,24H,13H2,1-2H3,(H,27,30). The Morgan fingerprint density at radius 2 is 1.85 bits per heavy atom. The highest BCUT2D eigenvalue weighted by Gasteiger charge is 2.37. The van der Waals surface area contributed by atoms with Crippen molar-refractivity contribution in [2.45, 2.75) is 5.37 Å². The first-order valence-corrected chi connectivity index (χ1v) is 11.7. The summed E-state index contributed by atoms with van der Waals surface area (Å²) in [6.07, 6.45) is 0. The fourth-order valence-corrected chi connectivity index (χ4v) is 5.29. The van der Waals surface area contributed by atoms with Crippen LogP contribution in [0.2, 0.25) is 10.0 Å². The molecule has 170 valence electrons. The van der Waals surface area contributed by atoms with E-state index in [2.05, 4.69) is 5.32 Å². The van der Waals surface area contributed by atoms with Gasteiger partial charge in [0.25, 0.3) is 5.91 Å². The Bertz CT molecular complexity index is 1220. The topological polar surface area (TPSA) is 67.9 Å². The maximum absolute atomic E-state index is 13.0. The van der Waals surface area contributed by atoms with Gasteiger partial charge in [0.2, 0.25) is 5.91 Å². The number of carbonyl (C=O) groups excluding carboxylic acids is 2. The summed E-state index contributed by atoms with van der Waals surface area (Å²) in [5.41, 5.74) is 2.25. The number of ether oxygens (including phenoxy) is 2. The summed E-state index contributed by atoms with van der Waals surface area (Å²) in [4.78, 5) is 27.6. The number of amides is 2. The Morgan fingerprint density at radius 1 is 1.06 bits per heavy atom. The maximum Gasteiger partial charge on any atom is 0.257 e. The van der Waals surface area contributed by atoms with E-state index >= 15 is 0 Å². The summed E-state index contributed by atoms with van der Waals surface area (Å²) in [5, 5.41) is 3.25. The normalized spacial score (nSPS) is 15.5. The summed E-state index contributed by atoms with van der Waals surface area (Å²) in [6, 6.07) is 17.4. The van der Waals surface area contributed by atoms with Gasteiger partial charge in [-0.05, 0) is 36.4 Å². The second kappa shape index (κ2) is 9.95. The van der Waals surface area contributed by atoms with Gasteiger partial charge in [-0.2, -0.15) is 0 Å². The number of benzene rings is 3. The van der Waals surface area contributed by atoms with Crippen molar-refractivity contribution in [2.75, 3.05) is 30.2 Å². The molecule has 0 bridgehead atoms. The number of hydrogen-bond donors (Lipinski definition) is 1. The summed E-state index contributed by atoms with van der Waals surface area (Å²) < 4.78 is 10.9. The van der Waals surface area contributed by atoms with Gasteiger partial charge in [0.05, 0.1) is 36.2 Å². The first kappa shape index (κ1) is 23.3. The van der Waals surface area contributed by atoms with E-state index in [0.717, 1.165) is 5.56 Å². The molecule has 9 heteroatoms.